The number of carbonyl (C=O) groups is 4. The molecule has 0 bridgehead atoms. The summed E-state index contributed by atoms with van der Waals surface area (Å²) in [4.78, 5) is 61.5. The lowest BCUT2D eigenvalue weighted by atomic mass is 9.88. The molecule has 1 heterocycles. The van der Waals surface area contributed by atoms with Crippen LogP contribution in [0.15, 0.2) is 35.5 Å². The molecule has 0 spiro atoms. The fraction of sp³-hybridized carbons (Fsp3) is 0.618. The van der Waals surface area contributed by atoms with E-state index in [9.17, 15) is 19.2 Å². The highest BCUT2D eigenvalue weighted by atomic mass is 19.1. The zero-order valence-corrected chi connectivity index (χ0v) is 27.1. The molecule has 4 fully saturated rings. The Labute approximate surface area is 270 Å². The second kappa shape index (κ2) is 14.7. The van der Waals surface area contributed by atoms with Crippen LogP contribution in [0.4, 0.5) is 10.1 Å². The molecule has 3 atom stereocenters. The Balaban J connectivity index is 1.33. The van der Waals surface area contributed by atoms with Crippen LogP contribution in [0.1, 0.15) is 70.3 Å². The van der Waals surface area contributed by atoms with Crippen molar-refractivity contribution in [2.75, 3.05) is 38.5 Å². The van der Waals surface area contributed by atoms with Gasteiger partial charge in [0, 0.05) is 38.5 Å². The number of hydrogen-bond donors (Lipinski definition) is 4. The molecule has 1 aliphatic heterocycles. The first-order chi connectivity index (χ1) is 22.1. The van der Waals surface area contributed by atoms with E-state index < -0.39 is 35.6 Å². The van der Waals surface area contributed by atoms with Crippen LogP contribution in [0.25, 0.3) is 0 Å². The van der Waals surface area contributed by atoms with Crippen LogP contribution in [-0.2, 0) is 19.2 Å². The minimum atomic E-state index is -0.859. The lowest BCUT2D eigenvalue weighted by molar-refractivity contribution is -0.138. The summed E-state index contributed by atoms with van der Waals surface area (Å²) >= 11 is 0. The molecule has 3 saturated carbocycles. The molecule has 1 saturated heterocycles. The first kappa shape index (κ1) is 33.6. The third kappa shape index (κ3) is 8.51. The van der Waals surface area contributed by atoms with Gasteiger partial charge in [-0.1, -0.05) is 19.9 Å². The molecular weight excluding hydrogens is 589 g/mol. The van der Waals surface area contributed by atoms with Crippen molar-refractivity contribution in [2.45, 2.75) is 82.8 Å². The summed E-state index contributed by atoms with van der Waals surface area (Å²) in [6, 6.07) is 2.84. The monoisotopic (exact) mass is 637 g/mol. The fourth-order valence-corrected chi connectivity index (χ4v) is 6.33. The number of hydrogen-bond acceptors (Lipinski definition) is 7. The molecule has 4 amide bonds. The highest BCUT2D eigenvalue weighted by Crippen LogP contribution is 2.51. The summed E-state index contributed by atoms with van der Waals surface area (Å²) in [5.41, 5.74) is 6.28. The van der Waals surface area contributed by atoms with Gasteiger partial charge in [0.05, 0.1) is 11.7 Å². The Bertz CT molecular complexity index is 1350. The van der Waals surface area contributed by atoms with Crippen LogP contribution in [0.2, 0.25) is 0 Å². The predicted octanol–water partition coefficient (Wildman–Crippen LogP) is 2.53. The summed E-state index contributed by atoms with van der Waals surface area (Å²) in [5.74, 6) is -1.96. The number of carbonyl (C=O) groups excluding carboxylic acids is 4. The Kier molecular flexibility index (Phi) is 10.8. The van der Waals surface area contributed by atoms with E-state index in [1.54, 1.807) is 24.8 Å². The number of rotatable bonds is 14. The number of nitrogens with zero attached hydrogens (tertiary/aromatic N) is 3. The van der Waals surface area contributed by atoms with E-state index >= 15 is 4.39 Å². The molecule has 5 N–H and O–H groups in total. The van der Waals surface area contributed by atoms with E-state index in [1.807, 2.05) is 7.05 Å². The van der Waals surface area contributed by atoms with E-state index in [0.29, 0.717) is 30.5 Å². The number of benzene rings is 1. The van der Waals surface area contributed by atoms with E-state index in [0.717, 1.165) is 51.6 Å². The van der Waals surface area contributed by atoms with Gasteiger partial charge < -0.3 is 31.5 Å². The van der Waals surface area contributed by atoms with Crippen molar-refractivity contribution in [3.8, 4) is 0 Å². The Morgan fingerprint density at radius 1 is 1.00 bits per heavy atom. The van der Waals surface area contributed by atoms with Gasteiger partial charge in [0.2, 0.25) is 17.7 Å². The zero-order valence-electron chi connectivity index (χ0n) is 27.1. The molecule has 1 aromatic carbocycles. The highest BCUT2D eigenvalue weighted by Gasteiger charge is 2.48. The molecule has 250 valence electrons. The molecule has 0 radical (unpaired) electrons. The SMILES string of the molecule is CCC(=O)N[C@@H](C(=O)N1CCN(C)CC1)[C@@H](C)c1ccc(NC(=O)[C@@H](NC(=O)C(/C=C\N)=NC2CC2)C(C2CC2)C2CC2)c(F)c1. The minimum absolute atomic E-state index is 0.0150. The van der Waals surface area contributed by atoms with Gasteiger partial charge in [-0.2, -0.15) is 0 Å². The molecule has 0 aromatic heterocycles. The van der Waals surface area contributed by atoms with Gasteiger partial charge >= 0.3 is 0 Å². The summed E-state index contributed by atoms with van der Waals surface area (Å²) in [6.07, 6.45) is 8.75. The standard InChI is InChI=1S/C34H48FN7O4/c1-4-28(43)39-30(34(46)42-17-15-41(3)16-18-42)20(2)23-9-12-26(25(35)19-23)38-33(45)31(29(21-5-6-21)22-7-8-22)40-32(44)27(13-14-36)37-24-10-11-24/h9,12-14,19-22,24,29-31H,4-8,10-11,15-18,36H2,1-3H3,(H,38,45)(H,39,43)(H,40,44)/b14-13-,37-27?/t20-,30+,31-/m0/s1. The second-order valence-electron chi connectivity index (χ2n) is 13.4. The number of likely N-dealkylation sites (N-methyl/N-ethyl adjacent to an activating group) is 1. The number of amides is 4. The van der Waals surface area contributed by atoms with Crippen LogP contribution in [-0.4, -0.2) is 90.5 Å². The predicted molar refractivity (Wildman–Crippen MR) is 174 cm³/mol. The average Bonchev–Trinajstić information content (AvgIpc) is 3.88. The molecular formula is C34H48FN7O4. The zero-order chi connectivity index (χ0) is 33.0. The number of aliphatic imine (C=N–C) groups is 1. The maximum atomic E-state index is 15.7. The minimum Gasteiger partial charge on any atom is -0.405 e. The highest BCUT2D eigenvalue weighted by molar-refractivity contribution is 6.43. The van der Waals surface area contributed by atoms with Gasteiger partial charge in [0.25, 0.3) is 5.91 Å². The second-order valence-corrected chi connectivity index (χ2v) is 13.4. The van der Waals surface area contributed by atoms with E-state index in [1.165, 1.54) is 24.4 Å². The molecule has 5 rings (SSSR count). The molecule has 3 aliphatic carbocycles. The lowest BCUT2D eigenvalue weighted by Gasteiger charge is -2.36. The van der Waals surface area contributed by atoms with Crippen molar-refractivity contribution in [1.29, 1.82) is 0 Å². The largest absolute Gasteiger partial charge is 0.405 e. The van der Waals surface area contributed by atoms with Crippen molar-refractivity contribution in [1.82, 2.24) is 20.4 Å². The van der Waals surface area contributed by atoms with E-state index in [2.05, 4.69) is 25.8 Å². The van der Waals surface area contributed by atoms with Crippen LogP contribution >= 0.6 is 0 Å². The number of piperazine rings is 1. The van der Waals surface area contributed by atoms with Crippen molar-refractivity contribution < 1.29 is 23.6 Å². The number of nitrogens with two attached hydrogens (primary N) is 1. The first-order valence-electron chi connectivity index (χ1n) is 16.7. The van der Waals surface area contributed by atoms with E-state index in [4.69, 9.17) is 5.73 Å². The quantitative estimate of drug-likeness (QED) is 0.231. The average molecular weight is 638 g/mol. The number of nitrogens with one attached hydrogen (secondary N) is 3. The third-order valence-corrected chi connectivity index (χ3v) is 9.64. The Morgan fingerprint density at radius 3 is 2.20 bits per heavy atom. The van der Waals surface area contributed by atoms with Gasteiger partial charge in [-0.25, -0.2) is 4.39 Å². The summed E-state index contributed by atoms with van der Waals surface area (Å²) < 4.78 is 15.7. The third-order valence-electron chi connectivity index (χ3n) is 9.64. The van der Waals surface area contributed by atoms with Crippen LogP contribution in [0, 0.1) is 23.6 Å². The Hall–Kier alpha value is -3.80. The molecule has 1 aromatic rings. The lowest BCUT2D eigenvalue weighted by Crippen LogP contribution is -2.55. The maximum absolute atomic E-state index is 15.7. The summed E-state index contributed by atoms with van der Waals surface area (Å²) in [5, 5.41) is 8.53. The summed E-state index contributed by atoms with van der Waals surface area (Å²) in [6.45, 7) is 6.09. The van der Waals surface area contributed by atoms with Crippen molar-refractivity contribution in [2.24, 2.45) is 28.5 Å². The molecule has 12 heteroatoms. The van der Waals surface area contributed by atoms with Gasteiger partial charge in [0.15, 0.2) is 0 Å². The van der Waals surface area contributed by atoms with Crippen LogP contribution in [0.5, 0.6) is 0 Å². The molecule has 11 nitrogen and oxygen atoms in total. The number of anilines is 1. The van der Waals surface area contributed by atoms with Gasteiger partial charge in [-0.3, -0.25) is 24.2 Å². The summed E-state index contributed by atoms with van der Waals surface area (Å²) in [7, 11) is 2.00. The maximum Gasteiger partial charge on any atom is 0.270 e. The number of halogens is 1. The molecule has 0 unspecified atom stereocenters. The van der Waals surface area contributed by atoms with Crippen molar-refractivity contribution >= 4 is 35.0 Å². The fourth-order valence-electron chi connectivity index (χ4n) is 6.33. The Morgan fingerprint density at radius 2 is 1.65 bits per heavy atom. The topological polar surface area (TPSA) is 149 Å². The van der Waals surface area contributed by atoms with Crippen LogP contribution < -0.4 is 21.7 Å². The van der Waals surface area contributed by atoms with Crippen LogP contribution in [0.3, 0.4) is 0 Å². The smallest absolute Gasteiger partial charge is 0.270 e. The van der Waals surface area contributed by atoms with Gasteiger partial charge in [-0.05, 0) is 93.3 Å². The van der Waals surface area contributed by atoms with Gasteiger partial charge in [0.1, 0.15) is 23.6 Å². The van der Waals surface area contributed by atoms with Crippen molar-refractivity contribution in [3.63, 3.8) is 0 Å². The van der Waals surface area contributed by atoms with Crippen molar-refractivity contribution in [3.05, 3.63) is 41.9 Å². The first-order valence-corrected chi connectivity index (χ1v) is 16.7. The molecule has 46 heavy (non-hydrogen) atoms. The molecule has 4 aliphatic rings. The van der Waals surface area contributed by atoms with Gasteiger partial charge in [-0.15, -0.1) is 0 Å². The normalized spacial score (nSPS) is 21.2. The van der Waals surface area contributed by atoms with E-state index in [-0.39, 0.29) is 41.6 Å².